The van der Waals surface area contributed by atoms with Gasteiger partial charge in [-0.3, -0.25) is 9.59 Å². The highest BCUT2D eigenvalue weighted by Crippen LogP contribution is 2.13. The van der Waals surface area contributed by atoms with E-state index in [2.05, 4.69) is 0 Å². The summed E-state index contributed by atoms with van der Waals surface area (Å²) in [4.78, 5) is 22.1. The molecule has 0 aliphatic rings. The standard InChI is InChI=1S/C10H20N2O8/c11-9(17)6(16)5(15)7(19-3-1-13)8(10(12)18)20-4-2-14/h5-8,13-16H,1-4H2,(H2,11,17)(H2,12,18)/t5-,6+,7+,8-/m1/s1. The van der Waals surface area contributed by atoms with E-state index in [0.717, 1.165) is 0 Å². The molecule has 20 heavy (non-hydrogen) atoms. The molecular weight excluding hydrogens is 276 g/mol. The highest BCUT2D eigenvalue weighted by atomic mass is 16.6. The molecule has 10 heteroatoms. The van der Waals surface area contributed by atoms with Gasteiger partial charge >= 0.3 is 0 Å². The van der Waals surface area contributed by atoms with Crippen LogP contribution in [0, 0.1) is 0 Å². The van der Waals surface area contributed by atoms with Crippen molar-refractivity contribution in [2.75, 3.05) is 26.4 Å². The van der Waals surface area contributed by atoms with E-state index in [-0.39, 0.29) is 13.2 Å². The maximum absolute atomic E-state index is 11.3. The molecule has 0 aliphatic heterocycles. The van der Waals surface area contributed by atoms with E-state index in [1.54, 1.807) is 0 Å². The second-order valence-corrected chi connectivity index (χ2v) is 3.81. The summed E-state index contributed by atoms with van der Waals surface area (Å²) in [6.45, 7) is -1.46. The third-order valence-corrected chi connectivity index (χ3v) is 2.32. The Kier molecular flexibility index (Phi) is 8.96. The molecule has 4 atom stereocenters. The number of aliphatic hydroxyl groups is 4. The van der Waals surface area contributed by atoms with Crippen LogP contribution in [-0.4, -0.2) is 83.1 Å². The Morgan fingerprint density at radius 2 is 1.45 bits per heavy atom. The average Bonchev–Trinajstić information content (AvgIpc) is 2.40. The number of nitrogens with two attached hydrogens (primary N) is 2. The highest BCUT2D eigenvalue weighted by Gasteiger charge is 2.39. The zero-order valence-electron chi connectivity index (χ0n) is 10.7. The van der Waals surface area contributed by atoms with Crippen molar-refractivity contribution >= 4 is 11.8 Å². The number of aliphatic hydroxyl groups excluding tert-OH is 4. The van der Waals surface area contributed by atoms with E-state index in [9.17, 15) is 19.8 Å². The molecule has 0 aromatic rings. The van der Waals surface area contributed by atoms with Crippen molar-refractivity contribution in [2.24, 2.45) is 11.5 Å². The summed E-state index contributed by atoms with van der Waals surface area (Å²) in [5, 5.41) is 36.5. The second kappa shape index (κ2) is 9.58. The van der Waals surface area contributed by atoms with Crippen molar-refractivity contribution < 1.29 is 39.5 Å². The number of hydrogen-bond donors (Lipinski definition) is 6. The van der Waals surface area contributed by atoms with Gasteiger partial charge in [0.05, 0.1) is 26.4 Å². The van der Waals surface area contributed by atoms with E-state index in [4.69, 9.17) is 31.2 Å². The van der Waals surface area contributed by atoms with Crippen LogP contribution in [0.4, 0.5) is 0 Å². The van der Waals surface area contributed by atoms with Gasteiger partial charge in [-0.15, -0.1) is 0 Å². The third kappa shape index (κ3) is 5.77. The Morgan fingerprint density at radius 1 is 0.950 bits per heavy atom. The first-order chi connectivity index (χ1) is 9.36. The molecule has 0 aromatic carbocycles. The fourth-order valence-corrected chi connectivity index (χ4v) is 1.42. The SMILES string of the molecule is NC(=O)[C@@H](O)[C@@H](O)[C@H](OCCO)[C@@H](OCCO)C(N)=O. The molecule has 118 valence electrons. The first kappa shape index (κ1) is 18.7. The Hall–Kier alpha value is -1.30. The van der Waals surface area contributed by atoms with Crippen molar-refractivity contribution in [1.82, 2.24) is 0 Å². The summed E-state index contributed by atoms with van der Waals surface area (Å²) >= 11 is 0. The monoisotopic (exact) mass is 296 g/mol. The summed E-state index contributed by atoms with van der Waals surface area (Å²) < 4.78 is 9.88. The van der Waals surface area contributed by atoms with Gasteiger partial charge in [0.2, 0.25) is 11.8 Å². The van der Waals surface area contributed by atoms with Crippen molar-refractivity contribution in [3.63, 3.8) is 0 Å². The molecule has 10 nitrogen and oxygen atoms in total. The largest absolute Gasteiger partial charge is 0.394 e. The van der Waals surface area contributed by atoms with Gasteiger partial charge in [0.15, 0.2) is 12.2 Å². The Morgan fingerprint density at radius 3 is 1.85 bits per heavy atom. The second-order valence-electron chi connectivity index (χ2n) is 3.81. The first-order valence-corrected chi connectivity index (χ1v) is 5.76. The van der Waals surface area contributed by atoms with Gasteiger partial charge in [-0.05, 0) is 0 Å². The van der Waals surface area contributed by atoms with Crippen LogP contribution in [0.2, 0.25) is 0 Å². The van der Waals surface area contributed by atoms with Crippen LogP contribution in [0.1, 0.15) is 0 Å². The third-order valence-electron chi connectivity index (χ3n) is 2.32. The van der Waals surface area contributed by atoms with Gasteiger partial charge in [-0.2, -0.15) is 0 Å². The van der Waals surface area contributed by atoms with Gasteiger partial charge in [0.1, 0.15) is 12.2 Å². The molecule has 0 bridgehead atoms. The summed E-state index contributed by atoms with van der Waals surface area (Å²) in [5.41, 5.74) is 9.90. The molecule has 0 saturated heterocycles. The summed E-state index contributed by atoms with van der Waals surface area (Å²) in [7, 11) is 0. The van der Waals surface area contributed by atoms with E-state index in [1.165, 1.54) is 0 Å². The fraction of sp³-hybridized carbons (Fsp3) is 0.800. The molecule has 0 aromatic heterocycles. The highest BCUT2D eigenvalue weighted by molar-refractivity contribution is 5.81. The van der Waals surface area contributed by atoms with Crippen molar-refractivity contribution in [1.29, 1.82) is 0 Å². The van der Waals surface area contributed by atoms with Crippen molar-refractivity contribution in [3.8, 4) is 0 Å². The Labute approximate surface area is 114 Å². The number of ether oxygens (including phenoxy) is 2. The van der Waals surface area contributed by atoms with Crippen LogP contribution in [0.5, 0.6) is 0 Å². The lowest BCUT2D eigenvalue weighted by atomic mass is 10.0. The Balaban J connectivity index is 5.05. The lowest BCUT2D eigenvalue weighted by Crippen LogP contribution is -2.55. The van der Waals surface area contributed by atoms with Crippen LogP contribution in [0.25, 0.3) is 0 Å². The number of carbonyl (C=O) groups excluding carboxylic acids is 2. The van der Waals surface area contributed by atoms with E-state index >= 15 is 0 Å². The number of hydrogen-bond acceptors (Lipinski definition) is 8. The molecular formula is C10H20N2O8. The van der Waals surface area contributed by atoms with E-state index < -0.39 is 49.4 Å². The first-order valence-electron chi connectivity index (χ1n) is 5.76. The van der Waals surface area contributed by atoms with Crippen molar-refractivity contribution in [3.05, 3.63) is 0 Å². The normalized spacial score (nSPS) is 17.2. The predicted octanol–water partition coefficient (Wildman–Crippen LogP) is -4.57. The average molecular weight is 296 g/mol. The number of primary amides is 2. The van der Waals surface area contributed by atoms with Crippen molar-refractivity contribution in [2.45, 2.75) is 24.4 Å². The maximum Gasteiger partial charge on any atom is 0.249 e. The molecule has 0 saturated carbocycles. The van der Waals surface area contributed by atoms with Gasteiger partial charge in [-0.1, -0.05) is 0 Å². The minimum Gasteiger partial charge on any atom is -0.394 e. The van der Waals surface area contributed by atoms with E-state index in [0.29, 0.717) is 0 Å². The number of amides is 2. The van der Waals surface area contributed by atoms with Gasteiger partial charge in [0, 0.05) is 0 Å². The zero-order chi connectivity index (χ0) is 15.7. The molecule has 2 amide bonds. The Bertz CT molecular complexity index is 314. The minimum absolute atomic E-state index is 0.286. The van der Waals surface area contributed by atoms with Crippen LogP contribution < -0.4 is 11.5 Å². The lowest BCUT2D eigenvalue weighted by molar-refractivity contribution is -0.171. The summed E-state index contributed by atoms with van der Waals surface area (Å²) in [5.74, 6) is -2.28. The zero-order valence-corrected chi connectivity index (χ0v) is 10.7. The van der Waals surface area contributed by atoms with Crippen LogP contribution in [-0.2, 0) is 19.1 Å². The minimum atomic E-state index is -2.02. The number of carbonyl (C=O) groups is 2. The fourth-order valence-electron chi connectivity index (χ4n) is 1.42. The molecule has 0 aliphatic carbocycles. The van der Waals surface area contributed by atoms with Crippen LogP contribution in [0.15, 0.2) is 0 Å². The predicted molar refractivity (Wildman–Crippen MR) is 64.1 cm³/mol. The molecule has 0 heterocycles. The van der Waals surface area contributed by atoms with Gasteiger partial charge < -0.3 is 41.4 Å². The molecule has 0 fully saturated rings. The maximum atomic E-state index is 11.3. The van der Waals surface area contributed by atoms with Crippen LogP contribution in [0.3, 0.4) is 0 Å². The molecule has 0 spiro atoms. The smallest absolute Gasteiger partial charge is 0.249 e. The van der Waals surface area contributed by atoms with E-state index in [1.807, 2.05) is 0 Å². The van der Waals surface area contributed by atoms with Crippen LogP contribution >= 0.6 is 0 Å². The summed E-state index contributed by atoms with van der Waals surface area (Å²) in [6, 6.07) is 0. The quantitative estimate of drug-likeness (QED) is 0.220. The molecule has 0 unspecified atom stereocenters. The van der Waals surface area contributed by atoms with Gasteiger partial charge in [0.25, 0.3) is 0 Å². The molecule has 8 N–H and O–H groups in total. The lowest BCUT2D eigenvalue weighted by Gasteiger charge is -2.30. The number of rotatable bonds is 11. The summed E-state index contributed by atoms with van der Waals surface area (Å²) in [6.07, 6.45) is -6.99. The molecule has 0 radical (unpaired) electrons. The van der Waals surface area contributed by atoms with Gasteiger partial charge in [-0.25, -0.2) is 0 Å². The topological polar surface area (TPSA) is 186 Å². The molecule has 0 rings (SSSR count).